The molecule has 0 unspecified atom stereocenters. The highest BCUT2D eigenvalue weighted by Crippen LogP contribution is 2.25. The van der Waals surface area contributed by atoms with E-state index in [1.807, 2.05) is 6.92 Å². The first-order valence-electron chi connectivity index (χ1n) is 5.75. The molecule has 0 bridgehead atoms. The third-order valence-corrected chi connectivity index (χ3v) is 3.34. The summed E-state index contributed by atoms with van der Waals surface area (Å²) >= 11 is 3.23. The van der Waals surface area contributed by atoms with Gasteiger partial charge in [0.2, 0.25) is 0 Å². The maximum atomic E-state index is 12.0. The molecule has 0 saturated carbocycles. The zero-order valence-corrected chi connectivity index (χ0v) is 12.2. The van der Waals surface area contributed by atoms with Gasteiger partial charge >= 0.3 is 0 Å². The van der Waals surface area contributed by atoms with Crippen molar-refractivity contribution in [1.82, 2.24) is 0 Å². The number of aryl methyl sites for hydroxylation is 2. The van der Waals surface area contributed by atoms with Crippen molar-refractivity contribution in [1.29, 1.82) is 0 Å². The molecule has 0 spiro atoms. The molecule has 19 heavy (non-hydrogen) atoms. The maximum Gasteiger partial charge on any atom is 0.189 e. The Labute approximate surface area is 119 Å². The van der Waals surface area contributed by atoms with Gasteiger partial charge in [0.05, 0.1) is 10.0 Å². The number of benzene rings is 1. The van der Waals surface area contributed by atoms with E-state index in [-0.39, 0.29) is 11.5 Å². The summed E-state index contributed by atoms with van der Waals surface area (Å²) in [5.41, 5.74) is 1.41. The molecule has 0 atom stereocenters. The smallest absolute Gasteiger partial charge is 0.189 e. The molecule has 0 amide bonds. The minimum absolute atomic E-state index is 0.0986. The summed E-state index contributed by atoms with van der Waals surface area (Å²) in [6.45, 7) is 3.58. The summed E-state index contributed by atoms with van der Waals surface area (Å²) in [5.74, 6) is 1.42. The van der Waals surface area contributed by atoms with Gasteiger partial charge in [0.1, 0.15) is 17.3 Å². The van der Waals surface area contributed by atoms with E-state index in [2.05, 4.69) is 15.9 Å². The molecular formula is C15H13BrO3. The van der Waals surface area contributed by atoms with Crippen LogP contribution in [-0.2, 0) is 0 Å². The van der Waals surface area contributed by atoms with Gasteiger partial charge in [0, 0.05) is 0 Å². The predicted molar refractivity (Wildman–Crippen MR) is 77.4 cm³/mol. The Hall–Kier alpha value is -1.81. The van der Waals surface area contributed by atoms with Gasteiger partial charge < -0.3 is 9.52 Å². The van der Waals surface area contributed by atoms with Crippen LogP contribution >= 0.6 is 15.9 Å². The van der Waals surface area contributed by atoms with Crippen molar-refractivity contribution in [2.45, 2.75) is 13.8 Å². The van der Waals surface area contributed by atoms with E-state index in [1.54, 1.807) is 37.3 Å². The van der Waals surface area contributed by atoms with Crippen molar-refractivity contribution in [2.24, 2.45) is 0 Å². The van der Waals surface area contributed by atoms with Crippen LogP contribution in [0.25, 0.3) is 6.08 Å². The highest BCUT2D eigenvalue weighted by Gasteiger charge is 2.10. The van der Waals surface area contributed by atoms with E-state index >= 15 is 0 Å². The number of ketones is 1. The van der Waals surface area contributed by atoms with E-state index in [4.69, 9.17) is 4.42 Å². The van der Waals surface area contributed by atoms with Crippen molar-refractivity contribution < 1.29 is 14.3 Å². The minimum atomic E-state index is -0.0986. The Morgan fingerprint density at radius 2 is 2.05 bits per heavy atom. The van der Waals surface area contributed by atoms with Crippen molar-refractivity contribution in [2.75, 3.05) is 0 Å². The highest BCUT2D eigenvalue weighted by atomic mass is 79.9. The lowest BCUT2D eigenvalue weighted by Crippen LogP contribution is -1.93. The number of phenols is 1. The van der Waals surface area contributed by atoms with Gasteiger partial charge in [-0.25, -0.2) is 0 Å². The summed E-state index contributed by atoms with van der Waals surface area (Å²) in [5, 5.41) is 9.39. The number of phenolic OH excluding ortho intramolecular Hbond substituents is 1. The monoisotopic (exact) mass is 320 g/mol. The highest BCUT2D eigenvalue weighted by molar-refractivity contribution is 9.10. The quantitative estimate of drug-likeness (QED) is 0.679. The lowest BCUT2D eigenvalue weighted by atomic mass is 10.1. The Kier molecular flexibility index (Phi) is 3.90. The Balaban J connectivity index is 2.20. The average molecular weight is 321 g/mol. The summed E-state index contributed by atoms with van der Waals surface area (Å²) in [6.07, 6.45) is 3.20. The van der Waals surface area contributed by atoms with E-state index in [0.717, 1.165) is 11.3 Å². The molecule has 0 aliphatic heterocycles. The molecule has 1 aromatic heterocycles. The second kappa shape index (κ2) is 5.45. The van der Waals surface area contributed by atoms with E-state index in [1.165, 1.54) is 6.08 Å². The molecule has 3 nitrogen and oxygen atoms in total. The minimum Gasteiger partial charge on any atom is -0.507 e. The molecule has 4 heteroatoms. The number of allylic oxidation sites excluding steroid dienone is 1. The zero-order valence-electron chi connectivity index (χ0n) is 10.6. The molecule has 2 aromatic rings. The molecular weight excluding hydrogens is 308 g/mol. The SMILES string of the molecule is Cc1cc(C(=O)C=Cc2ccc(O)c(Br)c2)c(C)o1. The number of furan rings is 1. The lowest BCUT2D eigenvalue weighted by molar-refractivity contribution is 0.104. The first-order valence-corrected chi connectivity index (χ1v) is 6.54. The number of hydrogen-bond donors (Lipinski definition) is 1. The van der Waals surface area contributed by atoms with Gasteiger partial charge in [-0.3, -0.25) is 4.79 Å². The molecule has 0 aliphatic rings. The maximum absolute atomic E-state index is 12.0. The summed E-state index contributed by atoms with van der Waals surface area (Å²) in [4.78, 5) is 12.0. The number of halogens is 1. The standard InChI is InChI=1S/C15H13BrO3/c1-9-7-12(10(2)19-9)14(17)5-3-11-4-6-15(18)13(16)8-11/h3-8,18H,1-2H3. The van der Waals surface area contributed by atoms with Gasteiger partial charge in [0.15, 0.2) is 5.78 Å². The predicted octanol–water partition coefficient (Wildman–Crippen LogP) is 4.26. The van der Waals surface area contributed by atoms with E-state index in [0.29, 0.717) is 15.8 Å². The Morgan fingerprint density at radius 3 is 2.63 bits per heavy atom. The van der Waals surface area contributed by atoms with Crippen LogP contribution in [0.15, 0.2) is 39.2 Å². The molecule has 98 valence electrons. The third-order valence-electron chi connectivity index (χ3n) is 2.71. The average Bonchev–Trinajstić information content (AvgIpc) is 2.70. The van der Waals surface area contributed by atoms with Gasteiger partial charge in [0.25, 0.3) is 0 Å². The van der Waals surface area contributed by atoms with Gasteiger partial charge in [-0.2, -0.15) is 0 Å². The van der Waals surface area contributed by atoms with Crippen molar-refractivity contribution >= 4 is 27.8 Å². The Bertz CT molecular complexity index is 653. The fourth-order valence-corrected chi connectivity index (χ4v) is 2.16. The van der Waals surface area contributed by atoms with Crippen molar-refractivity contribution in [3.05, 3.63) is 57.5 Å². The molecule has 0 radical (unpaired) electrons. The van der Waals surface area contributed by atoms with E-state index < -0.39 is 0 Å². The normalized spacial score (nSPS) is 11.1. The number of carbonyl (C=O) groups is 1. The topological polar surface area (TPSA) is 50.4 Å². The molecule has 1 heterocycles. The number of hydrogen-bond acceptors (Lipinski definition) is 3. The molecule has 1 N–H and O–H groups in total. The fraction of sp³-hybridized carbons (Fsp3) is 0.133. The van der Waals surface area contributed by atoms with Crippen LogP contribution in [-0.4, -0.2) is 10.9 Å². The van der Waals surface area contributed by atoms with Crippen LogP contribution in [0.2, 0.25) is 0 Å². The third kappa shape index (κ3) is 3.15. The van der Waals surface area contributed by atoms with Crippen LogP contribution < -0.4 is 0 Å². The van der Waals surface area contributed by atoms with Crippen LogP contribution in [0.5, 0.6) is 5.75 Å². The molecule has 0 saturated heterocycles. The molecule has 0 aliphatic carbocycles. The van der Waals surface area contributed by atoms with Gasteiger partial charge in [-0.15, -0.1) is 0 Å². The summed E-state index contributed by atoms with van der Waals surface area (Å²) in [6, 6.07) is 6.78. The zero-order chi connectivity index (χ0) is 14.0. The largest absolute Gasteiger partial charge is 0.507 e. The molecule has 2 rings (SSSR count). The van der Waals surface area contributed by atoms with Crippen LogP contribution in [0.1, 0.15) is 27.4 Å². The lowest BCUT2D eigenvalue weighted by Gasteiger charge is -1.98. The van der Waals surface area contributed by atoms with Crippen LogP contribution in [0.3, 0.4) is 0 Å². The summed E-state index contributed by atoms with van der Waals surface area (Å²) < 4.78 is 5.92. The first kappa shape index (κ1) is 13.6. The first-order chi connectivity index (χ1) is 8.97. The van der Waals surface area contributed by atoms with E-state index in [9.17, 15) is 9.90 Å². The van der Waals surface area contributed by atoms with Crippen molar-refractivity contribution in [3.63, 3.8) is 0 Å². The number of aromatic hydroxyl groups is 1. The van der Waals surface area contributed by atoms with Crippen LogP contribution in [0, 0.1) is 13.8 Å². The Morgan fingerprint density at radius 1 is 1.32 bits per heavy atom. The summed E-state index contributed by atoms with van der Waals surface area (Å²) in [7, 11) is 0. The van der Waals surface area contributed by atoms with Crippen LogP contribution in [0.4, 0.5) is 0 Å². The second-order valence-electron chi connectivity index (χ2n) is 4.24. The number of rotatable bonds is 3. The fourth-order valence-electron chi connectivity index (χ4n) is 1.76. The number of carbonyl (C=O) groups excluding carboxylic acids is 1. The van der Waals surface area contributed by atoms with Gasteiger partial charge in [-0.1, -0.05) is 12.1 Å². The van der Waals surface area contributed by atoms with Gasteiger partial charge in [-0.05, 0) is 59.6 Å². The molecule has 0 fully saturated rings. The van der Waals surface area contributed by atoms with Crippen molar-refractivity contribution in [3.8, 4) is 5.75 Å². The second-order valence-corrected chi connectivity index (χ2v) is 5.09. The molecule has 1 aromatic carbocycles.